The molecule has 26 heavy (non-hydrogen) atoms. The minimum absolute atomic E-state index is 0.0599. The smallest absolute Gasteiger partial charge is 0.354 e. The van der Waals surface area contributed by atoms with Crippen molar-refractivity contribution in [3.63, 3.8) is 0 Å². The van der Waals surface area contributed by atoms with Crippen LogP contribution in [0.1, 0.15) is 17.4 Å². The number of nitro groups is 1. The molecule has 0 radical (unpaired) electrons. The van der Waals surface area contributed by atoms with Gasteiger partial charge < -0.3 is 14.0 Å². The van der Waals surface area contributed by atoms with E-state index in [-0.39, 0.29) is 18.0 Å². The predicted octanol–water partition coefficient (Wildman–Crippen LogP) is 3.94. The van der Waals surface area contributed by atoms with E-state index in [2.05, 4.69) is 0 Å². The van der Waals surface area contributed by atoms with Crippen LogP contribution in [-0.4, -0.2) is 29.2 Å². The van der Waals surface area contributed by atoms with Gasteiger partial charge in [-0.15, -0.1) is 0 Å². The first-order valence-electron chi connectivity index (χ1n) is 8.06. The molecule has 0 aliphatic heterocycles. The number of hydrogen-bond acceptors (Lipinski definition) is 5. The molecule has 3 aromatic rings. The normalized spacial score (nSPS) is 10.7. The van der Waals surface area contributed by atoms with Gasteiger partial charge in [-0.1, -0.05) is 12.1 Å². The Hall–Kier alpha value is -3.35. The molecule has 0 unspecified atom stereocenters. The monoisotopic (exact) mass is 354 g/mol. The van der Waals surface area contributed by atoms with Crippen molar-refractivity contribution in [2.45, 2.75) is 6.92 Å². The molecular formula is C19H18N2O5. The number of carbonyl (C=O) groups is 1. The summed E-state index contributed by atoms with van der Waals surface area (Å²) in [5.74, 6) is 0.202. The first-order valence-corrected chi connectivity index (χ1v) is 8.06. The van der Waals surface area contributed by atoms with Crippen molar-refractivity contribution in [3.8, 4) is 16.9 Å². The zero-order valence-electron chi connectivity index (χ0n) is 14.7. The highest BCUT2D eigenvalue weighted by atomic mass is 16.6. The number of hydrogen-bond donors (Lipinski definition) is 0. The SMILES string of the molecule is CCOC(=O)c1cc2c(-c3ccc(OC)cc3)ccc([N+](=O)[O-])c2n1C. The number of ether oxygens (including phenoxy) is 2. The Morgan fingerprint density at radius 3 is 2.46 bits per heavy atom. The summed E-state index contributed by atoms with van der Waals surface area (Å²) in [6, 6.07) is 12.2. The highest BCUT2D eigenvalue weighted by Gasteiger charge is 2.23. The van der Waals surface area contributed by atoms with E-state index in [9.17, 15) is 14.9 Å². The van der Waals surface area contributed by atoms with Crippen LogP contribution in [0.4, 0.5) is 5.69 Å². The molecule has 0 aliphatic carbocycles. The van der Waals surface area contributed by atoms with Crippen LogP contribution < -0.4 is 4.74 Å². The van der Waals surface area contributed by atoms with E-state index in [1.54, 1.807) is 33.2 Å². The van der Waals surface area contributed by atoms with Gasteiger partial charge in [0.1, 0.15) is 17.0 Å². The number of nitro benzene ring substituents is 1. The Balaban J connectivity index is 2.27. The highest BCUT2D eigenvalue weighted by molar-refractivity contribution is 6.05. The molecule has 0 fully saturated rings. The number of non-ortho nitro benzene ring substituents is 1. The summed E-state index contributed by atoms with van der Waals surface area (Å²) in [5, 5.41) is 12.1. The van der Waals surface area contributed by atoms with Crippen molar-refractivity contribution in [3.05, 3.63) is 58.3 Å². The topological polar surface area (TPSA) is 83.6 Å². The number of benzene rings is 2. The summed E-state index contributed by atoms with van der Waals surface area (Å²) in [4.78, 5) is 23.2. The zero-order chi connectivity index (χ0) is 18.8. The number of aromatic nitrogens is 1. The maximum Gasteiger partial charge on any atom is 0.354 e. The number of methoxy groups -OCH3 is 1. The lowest BCUT2D eigenvalue weighted by Crippen LogP contribution is -2.09. The predicted molar refractivity (Wildman–Crippen MR) is 97.5 cm³/mol. The van der Waals surface area contributed by atoms with Gasteiger partial charge in [0.15, 0.2) is 0 Å². The highest BCUT2D eigenvalue weighted by Crippen LogP contribution is 2.36. The standard InChI is InChI=1S/C19H18N2O5/c1-4-26-19(22)17-11-15-14(12-5-7-13(25-3)8-6-12)9-10-16(21(23)24)18(15)20(17)2/h5-11H,4H2,1-3H3. The third kappa shape index (κ3) is 2.88. The second-order valence-electron chi connectivity index (χ2n) is 5.69. The molecule has 0 aliphatic rings. The molecule has 2 aromatic carbocycles. The number of nitrogens with zero attached hydrogens (tertiary/aromatic N) is 2. The molecule has 0 amide bonds. The van der Waals surface area contributed by atoms with E-state index < -0.39 is 10.9 Å². The summed E-state index contributed by atoms with van der Waals surface area (Å²) >= 11 is 0. The maximum atomic E-state index is 12.2. The van der Waals surface area contributed by atoms with Gasteiger partial charge in [-0.25, -0.2) is 4.79 Å². The van der Waals surface area contributed by atoms with Gasteiger partial charge in [0.25, 0.3) is 5.69 Å². The summed E-state index contributed by atoms with van der Waals surface area (Å²) < 4.78 is 11.8. The van der Waals surface area contributed by atoms with Gasteiger partial charge in [-0.3, -0.25) is 10.1 Å². The molecule has 0 atom stereocenters. The molecule has 0 saturated carbocycles. The van der Waals surface area contributed by atoms with E-state index in [0.29, 0.717) is 16.7 Å². The lowest BCUT2D eigenvalue weighted by Gasteiger charge is -2.07. The van der Waals surface area contributed by atoms with Crippen molar-refractivity contribution in [1.29, 1.82) is 0 Å². The second-order valence-corrected chi connectivity index (χ2v) is 5.69. The third-order valence-corrected chi connectivity index (χ3v) is 4.26. The lowest BCUT2D eigenvalue weighted by molar-refractivity contribution is -0.383. The molecule has 3 rings (SSSR count). The molecule has 0 spiro atoms. The van der Waals surface area contributed by atoms with Crippen LogP contribution in [0.25, 0.3) is 22.0 Å². The summed E-state index contributed by atoms with van der Waals surface area (Å²) in [7, 11) is 3.21. The first-order chi connectivity index (χ1) is 12.5. The van der Waals surface area contributed by atoms with E-state index in [0.717, 1.165) is 11.1 Å². The summed E-state index contributed by atoms with van der Waals surface area (Å²) in [6.45, 7) is 1.94. The largest absolute Gasteiger partial charge is 0.497 e. The Kier molecular flexibility index (Phi) is 4.62. The Morgan fingerprint density at radius 2 is 1.88 bits per heavy atom. The molecule has 0 saturated heterocycles. The number of aryl methyl sites for hydroxylation is 1. The second kappa shape index (κ2) is 6.87. The van der Waals surface area contributed by atoms with Gasteiger partial charge in [0, 0.05) is 18.5 Å². The van der Waals surface area contributed by atoms with Crippen LogP contribution in [0.3, 0.4) is 0 Å². The van der Waals surface area contributed by atoms with Gasteiger partial charge in [-0.2, -0.15) is 0 Å². The first kappa shape index (κ1) is 17.5. The lowest BCUT2D eigenvalue weighted by atomic mass is 10.0. The molecular weight excluding hydrogens is 336 g/mol. The number of carbonyl (C=O) groups excluding carboxylic acids is 1. The van der Waals surface area contributed by atoms with Gasteiger partial charge >= 0.3 is 5.97 Å². The van der Waals surface area contributed by atoms with Crippen LogP contribution in [0.2, 0.25) is 0 Å². The van der Waals surface area contributed by atoms with Crippen LogP contribution in [-0.2, 0) is 11.8 Å². The molecule has 7 nitrogen and oxygen atoms in total. The van der Waals surface area contributed by atoms with Crippen LogP contribution >= 0.6 is 0 Å². The van der Waals surface area contributed by atoms with Crippen molar-refractivity contribution >= 4 is 22.6 Å². The van der Waals surface area contributed by atoms with Crippen molar-refractivity contribution in [1.82, 2.24) is 4.57 Å². The number of rotatable bonds is 5. The van der Waals surface area contributed by atoms with Crippen LogP contribution in [0, 0.1) is 10.1 Å². The fraction of sp³-hybridized carbons (Fsp3) is 0.211. The maximum absolute atomic E-state index is 12.2. The number of esters is 1. The van der Waals surface area contributed by atoms with E-state index in [1.807, 2.05) is 24.3 Å². The quantitative estimate of drug-likeness (QED) is 0.394. The average molecular weight is 354 g/mol. The van der Waals surface area contributed by atoms with Gasteiger partial charge in [-0.05, 0) is 42.3 Å². The molecule has 0 bridgehead atoms. The van der Waals surface area contributed by atoms with E-state index in [1.165, 1.54) is 10.6 Å². The van der Waals surface area contributed by atoms with E-state index in [4.69, 9.17) is 9.47 Å². The molecule has 0 N–H and O–H groups in total. The number of fused-ring (bicyclic) bond motifs is 1. The van der Waals surface area contributed by atoms with Crippen molar-refractivity contribution in [2.75, 3.05) is 13.7 Å². The Labute approximate surface area is 149 Å². The van der Waals surface area contributed by atoms with Gasteiger partial charge in [0.2, 0.25) is 0 Å². The summed E-state index contributed by atoms with van der Waals surface area (Å²) in [5.41, 5.74) is 2.25. The Bertz CT molecular complexity index is 989. The van der Waals surface area contributed by atoms with Crippen LogP contribution in [0.15, 0.2) is 42.5 Å². The Morgan fingerprint density at radius 1 is 1.19 bits per heavy atom. The van der Waals surface area contributed by atoms with Crippen molar-refractivity contribution < 1.29 is 19.2 Å². The average Bonchev–Trinajstić information content (AvgIpc) is 2.99. The minimum atomic E-state index is -0.513. The minimum Gasteiger partial charge on any atom is -0.497 e. The summed E-state index contributed by atoms with van der Waals surface area (Å²) in [6.07, 6.45) is 0. The molecule has 134 valence electrons. The molecule has 7 heteroatoms. The zero-order valence-corrected chi connectivity index (χ0v) is 14.7. The fourth-order valence-electron chi connectivity index (χ4n) is 3.02. The molecule has 1 heterocycles. The molecule has 1 aromatic heterocycles. The van der Waals surface area contributed by atoms with Crippen LogP contribution in [0.5, 0.6) is 5.75 Å². The van der Waals surface area contributed by atoms with Crippen molar-refractivity contribution in [2.24, 2.45) is 7.05 Å². The third-order valence-electron chi connectivity index (χ3n) is 4.26. The van der Waals surface area contributed by atoms with Gasteiger partial charge in [0.05, 0.1) is 18.6 Å². The fourth-order valence-corrected chi connectivity index (χ4v) is 3.02. The van der Waals surface area contributed by atoms with E-state index >= 15 is 0 Å².